The minimum atomic E-state index is 0.550. The SMILES string of the molecule is CNC1CCCN(c2ccc(Nc3ncc(C)cn3)cn2)C1. The first kappa shape index (κ1) is 14.7. The number of aryl methyl sites for hydroxylation is 1. The van der Waals surface area contributed by atoms with Gasteiger partial charge in [-0.2, -0.15) is 0 Å². The number of hydrogen-bond donors (Lipinski definition) is 2. The number of pyridine rings is 1. The molecule has 6 heteroatoms. The topological polar surface area (TPSA) is 66.0 Å². The third kappa shape index (κ3) is 3.51. The Kier molecular flexibility index (Phi) is 4.48. The lowest BCUT2D eigenvalue weighted by atomic mass is 10.1. The van der Waals surface area contributed by atoms with Gasteiger partial charge >= 0.3 is 0 Å². The number of piperidine rings is 1. The van der Waals surface area contributed by atoms with Crippen LogP contribution in [-0.4, -0.2) is 41.1 Å². The van der Waals surface area contributed by atoms with Gasteiger partial charge in [-0.15, -0.1) is 0 Å². The molecular weight excluding hydrogens is 276 g/mol. The van der Waals surface area contributed by atoms with Crippen LogP contribution in [0.5, 0.6) is 0 Å². The van der Waals surface area contributed by atoms with Gasteiger partial charge < -0.3 is 15.5 Å². The van der Waals surface area contributed by atoms with E-state index in [0.717, 1.165) is 30.2 Å². The van der Waals surface area contributed by atoms with Crippen molar-refractivity contribution in [3.05, 3.63) is 36.3 Å². The fourth-order valence-electron chi connectivity index (χ4n) is 2.65. The van der Waals surface area contributed by atoms with Crippen molar-refractivity contribution in [1.29, 1.82) is 0 Å². The second-order valence-corrected chi connectivity index (χ2v) is 5.69. The van der Waals surface area contributed by atoms with E-state index in [1.165, 1.54) is 12.8 Å². The molecule has 0 radical (unpaired) electrons. The molecule has 3 heterocycles. The van der Waals surface area contributed by atoms with Gasteiger partial charge in [0.05, 0.1) is 11.9 Å². The van der Waals surface area contributed by atoms with Gasteiger partial charge in [-0.25, -0.2) is 15.0 Å². The quantitative estimate of drug-likeness (QED) is 0.901. The summed E-state index contributed by atoms with van der Waals surface area (Å²) in [7, 11) is 2.02. The lowest BCUT2D eigenvalue weighted by Crippen LogP contribution is -2.44. The van der Waals surface area contributed by atoms with Crippen LogP contribution in [0.4, 0.5) is 17.5 Å². The molecule has 0 saturated carbocycles. The van der Waals surface area contributed by atoms with E-state index in [2.05, 4.69) is 36.6 Å². The molecule has 22 heavy (non-hydrogen) atoms. The normalized spacial score (nSPS) is 18.3. The van der Waals surface area contributed by atoms with Crippen molar-refractivity contribution in [1.82, 2.24) is 20.3 Å². The summed E-state index contributed by atoms with van der Waals surface area (Å²) in [5.74, 6) is 1.61. The van der Waals surface area contributed by atoms with Crippen LogP contribution in [-0.2, 0) is 0 Å². The number of likely N-dealkylation sites (N-methyl/N-ethyl adjacent to an activating group) is 1. The third-order valence-electron chi connectivity index (χ3n) is 3.94. The molecule has 1 unspecified atom stereocenters. The highest BCUT2D eigenvalue weighted by Crippen LogP contribution is 2.20. The summed E-state index contributed by atoms with van der Waals surface area (Å²) < 4.78 is 0. The summed E-state index contributed by atoms with van der Waals surface area (Å²) in [5, 5.41) is 6.52. The molecule has 0 spiro atoms. The van der Waals surface area contributed by atoms with Crippen molar-refractivity contribution in [3.63, 3.8) is 0 Å². The molecule has 0 aliphatic carbocycles. The van der Waals surface area contributed by atoms with E-state index >= 15 is 0 Å². The number of anilines is 3. The Hall–Kier alpha value is -2.21. The van der Waals surface area contributed by atoms with Crippen LogP contribution in [0, 0.1) is 6.92 Å². The lowest BCUT2D eigenvalue weighted by Gasteiger charge is -2.33. The summed E-state index contributed by atoms with van der Waals surface area (Å²) in [6.45, 7) is 4.05. The molecule has 2 N–H and O–H groups in total. The Balaban J connectivity index is 1.66. The summed E-state index contributed by atoms with van der Waals surface area (Å²) >= 11 is 0. The van der Waals surface area contributed by atoms with Crippen LogP contribution in [0.25, 0.3) is 0 Å². The molecule has 2 aromatic rings. The van der Waals surface area contributed by atoms with Gasteiger partial charge in [0.25, 0.3) is 0 Å². The first-order chi connectivity index (χ1) is 10.7. The van der Waals surface area contributed by atoms with Gasteiger partial charge in [0.15, 0.2) is 0 Å². The highest BCUT2D eigenvalue weighted by atomic mass is 15.2. The highest BCUT2D eigenvalue weighted by molar-refractivity contribution is 5.55. The third-order valence-corrected chi connectivity index (χ3v) is 3.94. The van der Waals surface area contributed by atoms with Gasteiger partial charge in [0, 0.05) is 31.5 Å². The molecular formula is C16H22N6. The number of nitrogens with zero attached hydrogens (tertiary/aromatic N) is 4. The predicted octanol–water partition coefficient (Wildman–Crippen LogP) is 2.11. The predicted molar refractivity (Wildman–Crippen MR) is 88.6 cm³/mol. The standard InChI is InChI=1S/C16H22N6/c1-12-8-19-16(20-9-12)21-13-5-6-15(18-10-13)22-7-3-4-14(11-22)17-2/h5-6,8-10,14,17H,3-4,7,11H2,1-2H3,(H,19,20,21). The Morgan fingerprint density at radius 2 is 1.95 bits per heavy atom. The molecule has 116 valence electrons. The highest BCUT2D eigenvalue weighted by Gasteiger charge is 2.19. The van der Waals surface area contributed by atoms with Crippen molar-refractivity contribution in [2.24, 2.45) is 0 Å². The molecule has 0 aromatic carbocycles. The molecule has 3 rings (SSSR count). The maximum Gasteiger partial charge on any atom is 0.227 e. The minimum Gasteiger partial charge on any atom is -0.355 e. The van der Waals surface area contributed by atoms with E-state index < -0.39 is 0 Å². The minimum absolute atomic E-state index is 0.550. The number of nitrogens with one attached hydrogen (secondary N) is 2. The van der Waals surface area contributed by atoms with E-state index in [0.29, 0.717) is 12.0 Å². The maximum atomic E-state index is 4.56. The molecule has 2 aromatic heterocycles. The molecule has 1 fully saturated rings. The Bertz CT molecular complexity index is 595. The fourth-order valence-corrected chi connectivity index (χ4v) is 2.65. The van der Waals surface area contributed by atoms with E-state index in [1.54, 1.807) is 12.4 Å². The van der Waals surface area contributed by atoms with E-state index in [9.17, 15) is 0 Å². The smallest absolute Gasteiger partial charge is 0.227 e. The zero-order valence-electron chi connectivity index (χ0n) is 13.1. The Morgan fingerprint density at radius 1 is 1.14 bits per heavy atom. The van der Waals surface area contributed by atoms with Crippen LogP contribution < -0.4 is 15.5 Å². The zero-order chi connectivity index (χ0) is 15.4. The van der Waals surface area contributed by atoms with Gasteiger partial charge in [-0.1, -0.05) is 0 Å². The van der Waals surface area contributed by atoms with Crippen molar-refractivity contribution in [3.8, 4) is 0 Å². The Morgan fingerprint density at radius 3 is 2.64 bits per heavy atom. The van der Waals surface area contributed by atoms with Crippen LogP contribution in [0.1, 0.15) is 18.4 Å². The van der Waals surface area contributed by atoms with Crippen molar-refractivity contribution in [2.45, 2.75) is 25.8 Å². The molecule has 1 aliphatic heterocycles. The fraction of sp³-hybridized carbons (Fsp3) is 0.438. The summed E-state index contributed by atoms with van der Waals surface area (Å²) in [5.41, 5.74) is 1.94. The largest absolute Gasteiger partial charge is 0.355 e. The maximum absolute atomic E-state index is 4.56. The Labute approximate surface area is 131 Å². The van der Waals surface area contributed by atoms with Crippen LogP contribution in [0.3, 0.4) is 0 Å². The number of rotatable bonds is 4. The summed E-state index contributed by atoms with van der Waals surface area (Å²) in [6.07, 6.45) is 7.86. The van der Waals surface area contributed by atoms with E-state index in [1.807, 2.05) is 26.2 Å². The number of hydrogen-bond acceptors (Lipinski definition) is 6. The van der Waals surface area contributed by atoms with Crippen LogP contribution >= 0.6 is 0 Å². The van der Waals surface area contributed by atoms with E-state index in [-0.39, 0.29) is 0 Å². The molecule has 1 atom stereocenters. The van der Waals surface area contributed by atoms with E-state index in [4.69, 9.17) is 0 Å². The zero-order valence-corrected chi connectivity index (χ0v) is 13.1. The van der Waals surface area contributed by atoms with Crippen LogP contribution in [0.2, 0.25) is 0 Å². The molecule has 1 saturated heterocycles. The van der Waals surface area contributed by atoms with Gasteiger partial charge in [-0.3, -0.25) is 0 Å². The van der Waals surface area contributed by atoms with Crippen molar-refractivity contribution >= 4 is 17.5 Å². The second-order valence-electron chi connectivity index (χ2n) is 5.69. The summed E-state index contributed by atoms with van der Waals surface area (Å²) in [4.78, 5) is 15.4. The molecule has 1 aliphatic rings. The monoisotopic (exact) mass is 298 g/mol. The lowest BCUT2D eigenvalue weighted by molar-refractivity contribution is 0.447. The average Bonchev–Trinajstić information content (AvgIpc) is 2.58. The molecule has 6 nitrogen and oxygen atoms in total. The van der Waals surface area contributed by atoms with Gasteiger partial charge in [0.1, 0.15) is 5.82 Å². The summed E-state index contributed by atoms with van der Waals surface area (Å²) in [6, 6.07) is 4.62. The average molecular weight is 298 g/mol. The molecule has 0 amide bonds. The second kappa shape index (κ2) is 6.70. The number of aromatic nitrogens is 3. The molecule has 0 bridgehead atoms. The first-order valence-corrected chi connectivity index (χ1v) is 7.68. The van der Waals surface area contributed by atoms with Crippen molar-refractivity contribution < 1.29 is 0 Å². The van der Waals surface area contributed by atoms with Gasteiger partial charge in [0.2, 0.25) is 5.95 Å². The van der Waals surface area contributed by atoms with Crippen LogP contribution in [0.15, 0.2) is 30.7 Å². The van der Waals surface area contributed by atoms with Gasteiger partial charge in [-0.05, 0) is 44.5 Å². The first-order valence-electron chi connectivity index (χ1n) is 7.68. The van der Waals surface area contributed by atoms with Crippen molar-refractivity contribution in [2.75, 3.05) is 30.4 Å².